The van der Waals surface area contributed by atoms with Crippen molar-refractivity contribution in [3.63, 3.8) is 0 Å². The topological polar surface area (TPSA) is 73.1 Å². The molecule has 4 nitrogen and oxygen atoms in total. The lowest BCUT2D eigenvalue weighted by molar-refractivity contribution is -0.112. The Balaban J connectivity index is 2.28. The van der Waals surface area contributed by atoms with Crippen LogP contribution < -0.4 is 5.32 Å². The predicted octanol–water partition coefficient (Wildman–Crippen LogP) is 4.55. The van der Waals surface area contributed by atoms with Crippen LogP contribution >= 0.6 is 23.2 Å². The second-order valence-electron chi connectivity index (χ2n) is 4.79. The number of hydrogen-bond donors (Lipinski definition) is 2. The third-order valence-electron chi connectivity index (χ3n) is 3.08. The maximum atomic E-state index is 12.2. The van der Waals surface area contributed by atoms with Gasteiger partial charge in [-0.15, -0.1) is 0 Å². The molecule has 2 aromatic carbocycles. The number of nitrogens with zero attached hydrogens (tertiary/aromatic N) is 1. The molecule has 0 atom stereocenters. The van der Waals surface area contributed by atoms with Gasteiger partial charge in [0.1, 0.15) is 17.4 Å². The molecule has 116 valence electrons. The molecule has 0 radical (unpaired) electrons. The van der Waals surface area contributed by atoms with Crippen LogP contribution in [0.5, 0.6) is 5.75 Å². The Kier molecular flexibility index (Phi) is 5.28. The minimum Gasteiger partial charge on any atom is -0.507 e. The molecule has 1 amide bonds. The summed E-state index contributed by atoms with van der Waals surface area (Å²) in [7, 11) is 0. The average molecular weight is 347 g/mol. The van der Waals surface area contributed by atoms with E-state index in [4.69, 9.17) is 23.2 Å². The van der Waals surface area contributed by atoms with Crippen molar-refractivity contribution in [3.05, 3.63) is 63.1 Å². The molecule has 0 bridgehead atoms. The smallest absolute Gasteiger partial charge is 0.266 e. The van der Waals surface area contributed by atoms with Gasteiger partial charge in [0.15, 0.2) is 0 Å². The summed E-state index contributed by atoms with van der Waals surface area (Å²) in [6, 6.07) is 11.2. The van der Waals surface area contributed by atoms with Crippen molar-refractivity contribution < 1.29 is 9.90 Å². The third-order valence-corrected chi connectivity index (χ3v) is 3.73. The van der Waals surface area contributed by atoms with E-state index in [1.54, 1.807) is 24.3 Å². The molecule has 0 aliphatic heterocycles. The summed E-state index contributed by atoms with van der Waals surface area (Å²) in [4.78, 5) is 12.2. The van der Waals surface area contributed by atoms with Crippen molar-refractivity contribution in [3.8, 4) is 11.8 Å². The van der Waals surface area contributed by atoms with Crippen molar-refractivity contribution in [1.29, 1.82) is 5.26 Å². The van der Waals surface area contributed by atoms with Crippen molar-refractivity contribution in [2.75, 3.05) is 5.32 Å². The molecular formula is C17H12Cl2N2O2. The van der Waals surface area contributed by atoms with Crippen LogP contribution in [0.15, 0.2) is 42.0 Å². The zero-order valence-corrected chi connectivity index (χ0v) is 13.6. The van der Waals surface area contributed by atoms with E-state index in [2.05, 4.69) is 5.32 Å². The maximum Gasteiger partial charge on any atom is 0.266 e. The number of rotatable bonds is 3. The van der Waals surface area contributed by atoms with E-state index >= 15 is 0 Å². The molecule has 2 aromatic rings. The van der Waals surface area contributed by atoms with Crippen LogP contribution in [-0.4, -0.2) is 11.0 Å². The summed E-state index contributed by atoms with van der Waals surface area (Å²) in [5.74, 6) is -0.680. The molecule has 0 aliphatic rings. The number of hydrogen-bond acceptors (Lipinski definition) is 3. The molecule has 0 aliphatic carbocycles. The average Bonchev–Trinajstić information content (AvgIpc) is 2.51. The second kappa shape index (κ2) is 7.19. The fourth-order valence-electron chi connectivity index (χ4n) is 1.81. The van der Waals surface area contributed by atoms with E-state index in [0.29, 0.717) is 15.7 Å². The molecule has 0 heterocycles. The molecule has 6 heteroatoms. The Morgan fingerprint density at radius 2 is 2.00 bits per heavy atom. The molecule has 0 unspecified atom stereocenters. The number of halogens is 2. The Labute approximate surface area is 143 Å². The highest BCUT2D eigenvalue weighted by molar-refractivity contribution is 6.31. The first-order chi connectivity index (χ1) is 10.9. The largest absolute Gasteiger partial charge is 0.507 e. The number of aromatic hydroxyl groups is 1. The van der Waals surface area contributed by atoms with Crippen molar-refractivity contribution >= 4 is 40.9 Å². The van der Waals surface area contributed by atoms with E-state index in [1.165, 1.54) is 24.3 Å². The van der Waals surface area contributed by atoms with Gasteiger partial charge in [-0.25, -0.2) is 0 Å². The van der Waals surface area contributed by atoms with Gasteiger partial charge in [-0.05, 0) is 48.9 Å². The van der Waals surface area contributed by atoms with Crippen LogP contribution in [0.1, 0.15) is 11.1 Å². The van der Waals surface area contributed by atoms with E-state index in [1.807, 2.05) is 6.92 Å². The zero-order chi connectivity index (χ0) is 17.0. The van der Waals surface area contributed by atoms with Crippen LogP contribution in [0.2, 0.25) is 10.0 Å². The van der Waals surface area contributed by atoms with Crippen LogP contribution in [0, 0.1) is 18.3 Å². The van der Waals surface area contributed by atoms with Gasteiger partial charge >= 0.3 is 0 Å². The minimum absolute atomic E-state index is 0.0756. The van der Waals surface area contributed by atoms with Gasteiger partial charge in [0.25, 0.3) is 5.91 Å². The minimum atomic E-state index is -0.605. The van der Waals surface area contributed by atoms with Gasteiger partial charge in [0, 0.05) is 21.3 Å². The summed E-state index contributed by atoms with van der Waals surface area (Å²) in [5, 5.41) is 22.4. The Morgan fingerprint density at radius 3 is 2.65 bits per heavy atom. The first-order valence-electron chi connectivity index (χ1n) is 6.58. The normalized spacial score (nSPS) is 11.0. The number of carbonyl (C=O) groups excluding carboxylic acids is 1. The summed E-state index contributed by atoms with van der Waals surface area (Å²) in [5.41, 5.74) is 1.47. The number of phenolic OH excluding ortho intramolecular Hbond substituents is 1. The molecule has 0 spiro atoms. The van der Waals surface area contributed by atoms with E-state index in [0.717, 1.165) is 5.56 Å². The summed E-state index contributed by atoms with van der Waals surface area (Å²) < 4.78 is 0. The zero-order valence-electron chi connectivity index (χ0n) is 12.1. The lowest BCUT2D eigenvalue weighted by Crippen LogP contribution is -2.13. The molecule has 0 saturated carbocycles. The van der Waals surface area contributed by atoms with Crippen molar-refractivity contribution in [1.82, 2.24) is 0 Å². The third kappa shape index (κ3) is 4.26. The van der Waals surface area contributed by atoms with Crippen LogP contribution in [-0.2, 0) is 4.79 Å². The standard InChI is InChI=1S/C17H12Cl2N2O2/c1-10-2-4-14(8-15(10)19)21-17(23)12(9-20)6-11-7-13(18)3-5-16(11)22/h2-8,22H,1H3,(H,21,23)/b12-6+. The Hall–Kier alpha value is -2.48. The van der Waals surface area contributed by atoms with Crippen molar-refractivity contribution in [2.45, 2.75) is 6.92 Å². The van der Waals surface area contributed by atoms with Gasteiger partial charge in [0.2, 0.25) is 0 Å². The summed E-state index contributed by atoms with van der Waals surface area (Å²) >= 11 is 11.8. The molecule has 0 aromatic heterocycles. The molecule has 2 N–H and O–H groups in total. The first kappa shape index (κ1) is 16.9. The van der Waals surface area contributed by atoms with Crippen molar-refractivity contribution in [2.24, 2.45) is 0 Å². The Morgan fingerprint density at radius 1 is 1.26 bits per heavy atom. The molecule has 0 saturated heterocycles. The number of aryl methyl sites for hydroxylation is 1. The number of anilines is 1. The number of carbonyl (C=O) groups is 1. The summed E-state index contributed by atoms with van der Waals surface area (Å²) in [6.07, 6.45) is 1.27. The highest BCUT2D eigenvalue weighted by Crippen LogP contribution is 2.24. The number of nitriles is 1. The highest BCUT2D eigenvalue weighted by atomic mass is 35.5. The van der Waals surface area contributed by atoms with Gasteiger partial charge in [-0.1, -0.05) is 29.3 Å². The van der Waals surface area contributed by atoms with Gasteiger partial charge in [-0.3, -0.25) is 4.79 Å². The molecular weight excluding hydrogens is 335 g/mol. The predicted molar refractivity (Wildman–Crippen MR) is 91.5 cm³/mol. The number of phenols is 1. The summed E-state index contributed by atoms with van der Waals surface area (Å²) in [6.45, 7) is 1.84. The number of benzene rings is 2. The highest BCUT2D eigenvalue weighted by Gasteiger charge is 2.11. The van der Waals surface area contributed by atoms with Crippen LogP contribution in [0.25, 0.3) is 6.08 Å². The fraction of sp³-hybridized carbons (Fsp3) is 0.0588. The quantitative estimate of drug-likeness (QED) is 0.632. The van der Waals surface area contributed by atoms with Crippen LogP contribution in [0.3, 0.4) is 0 Å². The number of nitrogens with one attached hydrogen (secondary N) is 1. The number of amides is 1. The van der Waals surface area contributed by atoms with E-state index in [-0.39, 0.29) is 16.9 Å². The second-order valence-corrected chi connectivity index (χ2v) is 5.63. The van der Waals surface area contributed by atoms with E-state index in [9.17, 15) is 15.2 Å². The van der Waals surface area contributed by atoms with Gasteiger partial charge in [-0.2, -0.15) is 5.26 Å². The lowest BCUT2D eigenvalue weighted by atomic mass is 10.1. The fourth-order valence-corrected chi connectivity index (χ4v) is 2.18. The molecule has 2 rings (SSSR count). The van der Waals surface area contributed by atoms with Gasteiger partial charge in [0.05, 0.1) is 0 Å². The maximum absolute atomic E-state index is 12.2. The first-order valence-corrected chi connectivity index (χ1v) is 7.34. The van der Waals surface area contributed by atoms with Gasteiger partial charge < -0.3 is 10.4 Å². The van der Waals surface area contributed by atoms with E-state index < -0.39 is 5.91 Å². The molecule has 0 fully saturated rings. The Bertz CT molecular complexity index is 839. The monoisotopic (exact) mass is 346 g/mol. The lowest BCUT2D eigenvalue weighted by Gasteiger charge is -2.06. The SMILES string of the molecule is Cc1ccc(NC(=O)/C(C#N)=C/c2cc(Cl)ccc2O)cc1Cl. The molecule has 23 heavy (non-hydrogen) atoms. The van der Waals surface area contributed by atoms with Crippen LogP contribution in [0.4, 0.5) is 5.69 Å².